The van der Waals surface area contributed by atoms with Gasteiger partial charge < -0.3 is 10.2 Å². The third kappa shape index (κ3) is 2.63. The highest BCUT2D eigenvalue weighted by molar-refractivity contribution is 5.52. The van der Waals surface area contributed by atoms with Crippen LogP contribution in [0, 0.1) is 19.8 Å². The molecule has 1 aliphatic heterocycles. The van der Waals surface area contributed by atoms with Crippen LogP contribution in [-0.2, 0) is 0 Å². The molecule has 0 amide bonds. The average molecular weight is 232 g/mol. The van der Waals surface area contributed by atoms with Gasteiger partial charge in [0, 0.05) is 18.3 Å². The van der Waals surface area contributed by atoms with Crippen LogP contribution >= 0.6 is 0 Å². The molecule has 1 N–H and O–H groups in total. The van der Waals surface area contributed by atoms with Crippen LogP contribution in [0.5, 0.6) is 0 Å². The van der Waals surface area contributed by atoms with Gasteiger partial charge in [-0.1, -0.05) is 6.07 Å². The Labute approximate surface area is 105 Å². The largest absolute Gasteiger partial charge is 0.368 e. The Kier molecular flexibility index (Phi) is 3.72. The van der Waals surface area contributed by atoms with Crippen molar-refractivity contribution in [3.05, 3.63) is 29.3 Å². The van der Waals surface area contributed by atoms with Gasteiger partial charge in [-0.05, 0) is 70.0 Å². The van der Waals surface area contributed by atoms with E-state index in [-0.39, 0.29) is 0 Å². The normalized spacial score (nSPS) is 24.4. The van der Waals surface area contributed by atoms with Crippen molar-refractivity contribution in [1.82, 2.24) is 5.32 Å². The Morgan fingerprint density at radius 2 is 1.88 bits per heavy atom. The van der Waals surface area contributed by atoms with E-state index >= 15 is 0 Å². The van der Waals surface area contributed by atoms with E-state index in [9.17, 15) is 0 Å². The fraction of sp³-hybridized carbons (Fsp3) is 0.600. The SMILES string of the molecule is CNCC1CCN(c2cc(C)cc(C)c2)C1C. The second-order valence-electron chi connectivity index (χ2n) is 5.39. The average Bonchev–Trinajstić information content (AvgIpc) is 2.60. The van der Waals surface area contributed by atoms with Crippen LogP contribution in [0.4, 0.5) is 5.69 Å². The first kappa shape index (κ1) is 12.4. The molecule has 0 bridgehead atoms. The molecule has 0 spiro atoms. The molecule has 0 aromatic heterocycles. The van der Waals surface area contributed by atoms with Crippen LogP contribution < -0.4 is 10.2 Å². The Bertz CT molecular complexity index is 366. The summed E-state index contributed by atoms with van der Waals surface area (Å²) < 4.78 is 0. The Hall–Kier alpha value is -1.02. The number of aryl methyl sites for hydroxylation is 2. The smallest absolute Gasteiger partial charge is 0.0374 e. The third-order valence-corrected chi connectivity index (χ3v) is 3.92. The highest BCUT2D eigenvalue weighted by atomic mass is 15.2. The van der Waals surface area contributed by atoms with Gasteiger partial charge in [0.1, 0.15) is 0 Å². The molecule has 2 unspecified atom stereocenters. The fourth-order valence-electron chi connectivity index (χ4n) is 3.02. The number of nitrogens with one attached hydrogen (secondary N) is 1. The molecule has 1 aromatic rings. The van der Waals surface area contributed by atoms with Crippen molar-refractivity contribution >= 4 is 5.69 Å². The van der Waals surface area contributed by atoms with Crippen molar-refractivity contribution in [2.75, 3.05) is 25.0 Å². The zero-order valence-corrected chi connectivity index (χ0v) is 11.5. The molecule has 1 aliphatic rings. The topological polar surface area (TPSA) is 15.3 Å². The molecule has 0 aliphatic carbocycles. The highest BCUT2D eigenvalue weighted by Gasteiger charge is 2.30. The predicted molar refractivity (Wildman–Crippen MR) is 74.8 cm³/mol. The lowest BCUT2D eigenvalue weighted by molar-refractivity contribution is 0.473. The minimum absolute atomic E-state index is 0.642. The molecule has 1 fully saturated rings. The van der Waals surface area contributed by atoms with Crippen LogP contribution in [0.25, 0.3) is 0 Å². The summed E-state index contributed by atoms with van der Waals surface area (Å²) in [4.78, 5) is 2.56. The Morgan fingerprint density at radius 1 is 1.24 bits per heavy atom. The van der Waals surface area contributed by atoms with Crippen molar-refractivity contribution in [2.24, 2.45) is 5.92 Å². The molecule has 1 heterocycles. The van der Waals surface area contributed by atoms with Gasteiger partial charge in [-0.25, -0.2) is 0 Å². The van der Waals surface area contributed by atoms with Crippen molar-refractivity contribution in [3.8, 4) is 0 Å². The molecule has 1 saturated heterocycles. The summed E-state index contributed by atoms with van der Waals surface area (Å²) in [5, 5.41) is 3.31. The highest BCUT2D eigenvalue weighted by Crippen LogP contribution is 2.30. The Morgan fingerprint density at radius 3 is 2.47 bits per heavy atom. The summed E-state index contributed by atoms with van der Waals surface area (Å²) in [6, 6.07) is 7.51. The van der Waals surface area contributed by atoms with Gasteiger partial charge in [0.2, 0.25) is 0 Å². The summed E-state index contributed by atoms with van der Waals surface area (Å²) in [6.07, 6.45) is 1.30. The molecule has 1 aromatic carbocycles. The van der Waals surface area contributed by atoms with Gasteiger partial charge in [-0.15, -0.1) is 0 Å². The van der Waals surface area contributed by atoms with E-state index in [0.717, 1.165) is 12.5 Å². The molecule has 2 atom stereocenters. The van der Waals surface area contributed by atoms with E-state index in [4.69, 9.17) is 0 Å². The van der Waals surface area contributed by atoms with Gasteiger partial charge in [-0.3, -0.25) is 0 Å². The number of hydrogen-bond donors (Lipinski definition) is 1. The van der Waals surface area contributed by atoms with Gasteiger partial charge in [0.25, 0.3) is 0 Å². The van der Waals surface area contributed by atoms with Crippen molar-refractivity contribution < 1.29 is 0 Å². The lowest BCUT2D eigenvalue weighted by Gasteiger charge is -2.27. The lowest BCUT2D eigenvalue weighted by atomic mass is 10.0. The first-order valence-corrected chi connectivity index (χ1v) is 6.61. The minimum atomic E-state index is 0.642. The van der Waals surface area contributed by atoms with E-state index < -0.39 is 0 Å². The number of anilines is 1. The fourth-order valence-corrected chi connectivity index (χ4v) is 3.02. The first-order chi connectivity index (χ1) is 8.11. The maximum Gasteiger partial charge on any atom is 0.0374 e. The van der Waals surface area contributed by atoms with E-state index in [2.05, 4.69) is 49.2 Å². The van der Waals surface area contributed by atoms with Crippen LogP contribution in [0.2, 0.25) is 0 Å². The summed E-state index contributed by atoms with van der Waals surface area (Å²) in [5.41, 5.74) is 4.13. The minimum Gasteiger partial charge on any atom is -0.368 e. The quantitative estimate of drug-likeness (QED) is 0.862. The maximum atomic E-state index is 3.31. The summed E-state index contributed by atoms with van der Waals surface area (Å²) in [6.45, 7) is 9.04. The predicted octanol–water partition coefficient (Wildman–Crippen LogP) is 2.74. The third-order valence-electron chi connectivity index (χ3n) is 3.92. The number of benzene rings is 1. The second-order valence-corrected chi connectivity index (χ2v) is 5.39. The van der Waals surface area contributed by atoms with Gasteiger partial charge in [0.15, 0.2) is 0 Å². The molecular weight excluding hydrogens is 208 g/mol. The summed E-state index contributed by atoms with van der Waals surface area (Å²) >= 11 is 0. The standard InChI is InChI=1S/C15H24N2/c1-11-7-12(2)9-15(8-11)17-6-5-14(10-16-4)13(17)3/h7-9,13-14,16H,5-6,10H2,1-4H3. The zero-order chi connectivity index (χ0) is 12.4. The van der Waals surface area contributed by atoms with E-state index in [1.807, 2.05) is 7.05 Å². The lowest BCUT2D eigenvalue weighted by Crippen LogP contribution is -2.33. The maximum absolute atomic E-state index is 3.31. The van der Waals surface area contributed by atoms with E-state index in [0.29, 0.717) is 6.04 Å². The molecule has 2 heteroatoms. The zero-order valence-electron chi connectivity index (χ0n) is 11.5. The molecular formula is C15H24N2. The van der Waals surface area contributed by atoms with Crippen molar-refractivity contribution in [2.45, 2.75) is 33.2 Å². The van der Waals surface area contributed by atoms with Gasteiger partial charge in [0.05, 0.1) is 0 Å². The van der Waals surface area contributed by atoms with E-state index in [1.165, 1.54) is 29.8 Å². The van der Waals surface area contributed by atoms with Crippen LogP contribution in [0.15, 0.2) is 18.2 Å². The molecule has 94 valence electrons. The molecule has 0 radical (unpaired) electrons. The van der Waals surface area contributed by atoms with Crippen LogP contribution in [-0.4, -0.2) is 26.2 Å². The Balaban J connectivity index is 2.18. The number of nitrogens with zero attached hydrogens (tertiary/aromatic N) is 1. The molecule has 2 rings (SSSR count). The summed E-state index contributed by atoms with van der Waals surface area (Å²) in [7, 11) is 2.05. The molecule has 17 heavy (non-hydrogen) atoms. The van der Waals surface area contributed by atoms with Crippen molar-refractivity contribution in [1.29, 1.82) is 0 Å². The molecule has 0 saturated carbocycles. The second kappa shape index (κ2) is 5.09. The van der Waals surface area contributed by atoms with E-state index in [1.54, 1.807) is 0 Å². The number of hydrogen-bond acceptors (Lipinski definition) is 2. The van der Waals surface area contributed by atoms with Gasteiger partial charge >= 0.3 is 0 Å². The monoisotopic (exact) mass is 232 g/mol. The number of rotatable bonds is 3. The van der Waals surface area contributed by atoms with Gasteiger partial charge in [-0.2, -0.15) is 0 Å². The van der Waals surface area contributed by atoms with Crippen LogP contribution in [0.3, 0.4) is 0 Å². The first-order valence-electron chi connectivity index (χ1n) is 6.61. The van der Waals surface area contributed by atoms with Crippen LogP contribution in [0.1, 0.15) is 24.5 Å². The van der Waals surface area contributed by atoms with Crippen molar-refractivity contribution in [3.63, 3.8) is 0 Å². The molecule has 2 nitrogen and oxygen atoms in total. The summed E-state index contributed by atoms with van der Waals surface area (Å²) in [5.74, 6) is 0.779.